The first kappa shape index (κ1) is 18.5. The molecule has 0 atom stereocenters. The van der Waals surface area contributed by atoms with E-state index < -0.39 is 11.5 Å². The number of thiophene rings is 1. The highest BCUT2D eigenvalue weighted by molar-refractivity contribution is 7.14. The molecule has 0 bridgehead atoms. The summed E-state index contributed by atoms with van der Waals surface area (Å²) in [5.41, 5.74) is 0.372. The minimum absolute atomic E-state index is 0.194. The smallest absolute Gasteiger partial charge is 0.358 e. The van der Waals surface area contributed by atoms with Gasteiger partial charge in [0.15, 0.2) is 12.3 Å². The Balaban J connectivity index is 1.59. The Bertz CT molecular complexity index is 817. The number of nitriles is 1. The lowest BCUT2D eigenvalue weighted by Gasteiger charge is -2.38. The van der Waals surface area contributed by atoms with Gasteiger partial charge in [0.2, 0.25) is 0 Å². The van der Waals surface area contributed by atoms with E-state index in [1.807, 2.05) is 16.8 Å². The number of esters is 1. The van der Waals surface area contributed by atoms with Crippen LogP contribution < -0.4 is 0 Å². The van der Waals surface area contributed by atoms with E-state index >= 15 is 0 Å². The lowest BCUT2D eigenvalue weighted by atomic mass is 9.81. The number of carbonyl (C=O) groups is 2. The Hall–Kier alpha value is -2.24. The van der Waals surface area contributed by atoms with Gasteiger partial charge in [-0.05, 0) is 24.3 Å². The molecule has 1 saturated carbocycles. The molecule has 136 valence electrons. The van der Waals surface area contributed by atoms with Crippen LogP contribution in [0.25, 0.3) is 10.6 Å². The average Bonchev–Trinajstić information content (AvgIpc) is 3.37. The molecule has 2 aromatic rings. The van der Waals surface area contributed by atoms with Gasteiger partial charge in [-0.2, -0.15) is 16.6 Å². The molecule has 8 heteroatoms. The first-order chi connectivity index (χ1) is 12.6. The second-order valence-electron chi connectivity index (χ2n) is 6.28. The largest absolute Gasteiger partial charge is 0.451 e. The summed E-state index contributed by atoms with van der Waals surface area (Å²) < 4.78 is 5.13. The van der Waals surface area contributed by atoms with Gasteiger partial charge in [-0.3, -0.25) is 4.79 Å². The van der Waals surface area contributed by atoms with Crippen LogP contribution >= 0.6 is 22.7 Å². The molecule has 2 aromatic heterocycles. The Morgan fingerprint density at radius 1 is 1.35 bits per heavy atom. The van der Waals surface area contributed by atoms with E-state index in [9.17, 15) is 14.9 Å². The highest BCUT2D eigenvalue weighted by Gasteiger charge is 2.39. The van der Waals surface area contributed by atoms with Gasteiger partial charge < -0.3 is 9.64 Å². The van der Waals surface area contributed by atoms with Crippen molar-refractivity contribution in [2.45, 2.75) is 37.6 Å². The third kappa shape index (κ3) is 3.79. The molecule has 0 saturated heterocycles. The fourth-order valence-electron chi connectivity index (χ4n) is 3.08. The van der Waals surface area contributed by atoms with Gasteiger partial charge >= 0.3 is 5.97 Å². The molecule has 0 radical (unpaired) electrons. The molecule has 6 nitrogen and oxygen atoms in total. The summed E-state index contributed by atoms with van der Waals surface area (Å²) in [4.78, 5) is 30.3. The molecule has 1 aliphatic rings. The molecule has 0 spiro atoms. The van der Waals surface area contributed by atoms with Crippen LogP contribution in [0.15, 0.2) is 22.2 Å². The van der Waals surface area contributed by atoms with E-state index in [1.165, 1.54) is 16.2 Å². The number of thiazole rings is 1. The molecular formula is C18H19N3O3S2. The molecule has 0 aromatic carbocycles. The molecule has 1 fully saturated rings. The van der Waals surface area contributed by atoms with Gasteiger partial charge in [-0.1, -0.05) is 19.3 Å². The molecule has 2 heterocycles. The van der Waals surface area contributed by atoms with Crippen molar-refractivity contribution >= 4 is 34.6 Å². The minimum atomic E-state index is -0.783. The number of likely N-dealkylation sites (N-methyl/N-ethyl adjacent to an activating group) is 1. The number of carbonyl (C=O) groups excluding carboxylic acids is 2. The standard InChI is InChI=1S/C18H19N3O3S2/c1-21(18(12-19)6-3-2-4-7-18)15(22)9-24-17(23)14-11-26-16(20-14)13-5-8-25-10-13/h5,8,10-11H,2-4,6-7,9H2,1H3. The van der Waals surface area contributed by atoms with Crippen LogP contribution in [0.5, 0.6) is 0 Å². The van der Waals surface area contributed by atoms with Crippen LogP contribution in [-0.4, -0.2) is 41.0 Å². The first-order valence-electron chi connectivity index (χ1n) is 8.39. The van der Waals surface area contributed by atoms with Crippen LogP contribution in [0.4, 0.5) is 0 Å². The molecule has 1 amide bonds. The molecular weight excluding hydrogens is 370 g/mol. The maximum Gasteiger partial charge on any atom is 0.358 e. The van der Waals surface area contributed by atoms with Crippen molar-refractivity contribution < 1.29 is 14.3 Å². The predicted octanol–water partition coefficient (Wildman–Crippen LogP) is 3.71. The number of aromatic nitrogens is 1. The molecule has 0 aliphatic heterocycles. The molecule has 1 aliphatic carbocycles. The van der Waals surface area contributed by atoms with Crippen molar-refractivity contribution in [3.63, 3.8) is 0 Å². The Labute approximate surface area is 160 Å². The van der Waals surface area contributed by atoms with Gasteiger partial charge in [0.05, 0.1) is 6.07 Å². The number of rotatable bonds is 5. The second kappa shape index (κ2) is 7.98. The third-order valence-corrected chi connectivity index (χ3v) is 6.29. The molecule has 0 N–H and O–H groups in total. The van der Waals surface area contributed by atoms with Crippen LogP contribution in [0.1, 0.15) is 42.6 Å². The number of hydrogen-bond acceptors (Lipinski definition) is 7. The lowest BCUT2D eigenvalue weighted by molar-refractivity contribution is -0.138. The summed E-state index contributed by atoms with van der Waals surface area (Å²) in [6.07, 6.45) is 4.26. The van der Waals surface area contributed by atoms with Gasteiger partial charge in [0.25, 0.3) is 5.91 Å². The summed E-state index contributed by atoms with van der Waals surface area (Å²) in [6, 6.07) is 4.22. The predicted molar refractivity (Wildman–Crippen MR) is 99.9 cm³/mol. The van der Waals surface area contributed by atoms with E-state index in [1.54, 1.807) is 23.8 Å². The van der Waals surface area contributed by atoms with Crippen LogP contribution in [0.2, 0.25) is 0 Å². The third-order valence-electron chi connectivity index (χ3n) is 4.71. The highest BCUT2D eigenvalue weighted by atomic mass is 32.1. The summed E-state index contributed by atoms with van der Waals surface area (Å²) in [7, 11) is 1.61. The summed E-state index contributed by atoms with van der Waals surface area (Å²) in [5.74, 6) is -0.991. The fraction of sp³-hybridized carbons (Fsp3) is 0.444. The van der Waals surface area contributed by atoms with Crippen LogP contribution in [0.3, 0.4) is 0 Å². The SMILES string of the molecule is CN(C(=O)COC(=O)c1csc(-c2ccsc2)n1)C1(C#N)CCCCC1. The lowest BCUT2D eigenvalue weighted by Crippen LogP contribution is -2.51. The number of ether oxygens (including phenoxy) is 1. The summed E-state index contributed by atoms with van der Waals surface area (Å²) in [5, 5.41) is 15.8. The molecule has 0 unspecified atom stereocenters. The van der Waals surface area contributed by atoms with Gasteiger partial charge in [-0.15, -0.1) is 11.3 Å². The van der Waals surface area contributed by atoms with Crippen molar-refractivity contribution in [3.05, 3.63) is 27.9 Å². The van der Waals surface area contributed by atoms with Crippen molar-refractivity contribution in [2.75, 3.05) is 13.7 Å². The Kier molecular flexibility index (Phi) is 5.69. The Morgan fingerprint density at radius 2 is 2.12 bits per heavy atom. The normalized spacial score (nSPS) is 15.8. The zero-order valence-electron chi connectivity index (χ0n) is 14.4. The van der Waals surface area contributed by atoms with E-state index in [0.717, 1.165) is 29.8 Å². The highest BCUT2D eigenvalue weighted by Crippen LogP contribution is 2.32. The average molecular weight is 390 g/mol. The zero-order valence-corrected chi connectivity index (χ0v) is 16.1. The van der Waals surface area contributed by atoms with Gasteiger partial charge in [0.1, 0.15) is 10.5 Å². The maximum atomic E-state index is 12.4. The maximum absolute atomic E-state index is 12.4. The van der Waals surface area contributed by atoms with Crippen molar-refractivity contribution in [1.82, 2.24) is 9.88 Å². The summed E-state index contributed by atoms with van der Waals surface area (Å²) >= 11 is 2.92. The summed E-state index contributed by atoms with van der Waals surface area (Å²) in [6.45, 7) is -0.385. The van der Waals surface area contributed by atoms with E-state index in [-0.39, 0.29) is 18.2 Å². The monoisotopic (exact) mass is 389 g/mol. The van der Waals surface area contributed by atoms with E-state index in [2.05, 4.69) is 11.1 Å². The zero-order chi connectivity index (χ0) is 18.6. The fourth-order valence-corrected chi connectivity index (χ4v) is 4.58. The van der Waals surface area contributed by atoms with Crippen LogP contribution in [-0.2, 0) is 9.53 Å². The number of hydrogen-bond donors (Lipinski definition) is 0. The van der Waals surface area contributed by atoms with E-state index in [4.69, 9.17) is 4.74 Å². The van der Waals surface area contributed by atoms with Crippen molar-refractivity contribution in [2.24, 2.45) is 0 Å². The van der Waals surface area contributed by atoms with Gasteiger partial charge in [-0.25, -0.2) is 9.78 Å². The van der Waals surface area contributed by atoms with Crippen molar-refractivity contribution in [1.29, 1.82) is 5.26 Å². The van der Waals surface area contributed by atoms with E-state index in [0.29, 0.717) is 12.8 Å². The molecule has 26 heavy (non-hydrogen) atoms. The minimum Gasteiger partial charge on any atom is -0.451 e. The quantitative estimate of drug-likeness (QED) is 0.728. The van der Waals surface area contributed by atoms with Crippen molar-refractivity contribution in [3.8, 4) is 16.6 Å². The number of amides is 1. The second-order valence-corrected chi connectivity index (χ2v) is 7.92. The first-order valence-corrected chi connectivity index (χ1v) is 10.2. The topological polar surface area (TPSA) is 83.3 Å². The van der Waals surface area contributed by atoms with Gasteiger partial charge in [0, 0.05) is 23.4 Å². The Morgan fingerprint density at radius 3 is 2.77 bits per heavy atom. The van der Waals surface area contributed by atoms with Crippen LogP contribution in [0, 0.1) is 11.3 Å². The molecule has 3 rings (SSSR count). The number of nitrogens with zero attached hydrogens (tertiary/aromatic N) is 3.